The van der Waals surface area contributed by atoms with Crippen LogP contribution < -0.4 is 15.9 Å². The predicted octanol–water partition coefficient (Wildman–Crippen LogP) is 2.83. The molecule has 142 valence electrons. The summed E-state index contributed by atoms with van der Waals surface area (Å²) < 4.78 is 32.9. The monoisotopic (exact) mass is 413 g/mol. The van der Waals surface area contributed by atoms with Gasteiger partial charge in [-0.2, -0.15) is 8.42 Å². The molecule has 0 aliphatic rings. The Labute approximate surface area is 164 Å². The lowest BCUT2D eigenvalue weighted by molar-refractivity contribution is -0.131. The minimum Gasteiger partial charge on any atom is -0.478 e. The van der Waals surface area contributed by atoms with Crippen molar-refractivity contribution in [2.45, 2.75) is 4.90 Å². The number of hydrogen-bond acceptors (Lipinski definition) is 3. The first kappa shape index (κ1) is 20.0. The molecule has 28 heavy (non-hydrogen) atoms. The number of carbonyl (C=O) groups is 1. The molecule has 7 heteroatoms. The summed E-state index contributed by atoms with van der Waals surface area (Å²) in [5, 5.41) is 11.7. The molecule has 0 aliphatic carbocycles. The van der Waals surface area contributed by atoms with Gasteiger partial charge in [-0.05, 0) is 36.4 Å². The van der Waals surface area contributed by atoms with Crippen molar-refractivity contribution < 1.29 is 22.9 Å². The number of rotatable bonds is 6. The third-order valence-corrected chi connectivity index (χ3v) is 9.05. The van der Waals surface area contributed by atoms with Crippen molar-refractivity contribution in [1.29, 1.82) is 0 Å². The van der Waals surface area contributed by atoms with Crippen LogP contribution in [0.15, 0.2) is 102 Å². The number of carboxylic acid groups (broad SMARTS) is 1. The standard InChI is InChI=1S/C21H17O5PS/c22-21(23)14-15-27(17-8-3-1-4-9-17,18-10-5-2-6-11-18)19-12-7-13-20(16-19)28(24,25)26/h1-16H,(H-,22,23,24,25,26)/p+1/b15-14-. The summed E-state index contributed by atoms with van der Waals surface area (Å²) in [6.45, 7) is 0. The Balaban J connectivity index is 2.41. The lowest BCUT2D eigenvalue weighted by Gasteiger charge is -2.24. The van der Waals surface area contributed by atoms with Crippen LogP contribution in [0.25, 0.3) is 0 Å². The first-order chi connectivity index (χ1) is 13.3. The molecule has 0 bridgehead atoms. The van der Waals surface area contributed by atoms with Crippen LogP contribution in [-0.4, -0.2) is 24.0 Å². The molecule has 0 saturated carbocycles. The fourth-order valence-corrected chi connectivity index (χ4v) is 7.40. The van der Waals surface area contributed by atoms with Gasteiger partial charge in [-0.15, -0.1) is 0 Å². The molecule has 3 aromatic rings. The van der Waals surface area contributed by atoms with Gasteiger partial charge in [0, 0.05) is 6.07 Å². The molecule has 5 nitrogen and oxygen atoms in total. The molecule has 0 aromatic heterocycles. The van der Waals surface area contributed by atoms with Crippen molar-refractivity contribution in [3.05, 3.63) is 96.8 Å². The summed E-state index contributed by atoms with van der Waals surface area (Å²) >= 11 is 0. The van der Waals surface area contributed by atoms with E-state index in [1.165, 1.54) is 12.1 Å². The SMILES string of the molecule is O=C(O)/C=C\[P+](c1ccccc1)(c1ccccc1)c1cccc(S(=O)(=O)O)c1. The van der Waals surface area contributed by atoms with Crippen LogP contribution in [-0.2, 0) is 14.9 Å². The van der Waals surface area contributed by atoms with Gasteiger partial charge in [0.1, 0.15) is 23.2 Å². The molecular weight excluding hydrogens is 395 g/mol. The Kier molecular flexibility index (Phi) is 5.75. The highest BCUT2D eigenvalue weighted by Crippen LogP contribution is 2.57. The van der Waals surface area contributed by atoms with Gasteiger partial charge in [-0.3, -0.25) is 4.55 Å². The molecule has 0 saturated heterocycles. The van der Waals surface area contributed by atoms with E-state index in [0.717, 1.165) is 16.7 Å². The van der Waals surface area contributed by atoms with Crippen LogP contribution in [0.1, 0.15) is 0 Å². The topological polar surface area (TPSA) is 91.7 Å². The first-order valence-electron chi connectivity index (χ1n) is 8.34. The molecule has 2 N–H and O–H groups in total. The van der Waals surface area contributed by atoms with Gasteiger partial charge in [0.05, 0.1) is 16.8 Å². The summed E-state index contributed by atoms with van der Waals surface area (Å²) in [6.07, 6.45) is 1.09. The third kappa shape index (κ3) is 4.04. The van der Waals surface area contributed by atoms with E-state index in [-0.39, 0.29) is 4.90 Å². The number of carboxylic acids is 1. The van der Waals surface area contributed by atoms with Crippen LogP contribution in [0, 0.1) is 0 Å². The van der Waals surface area contributed by atoms with E-state index in [1.54, 1.807) is 17.9 Å². The highest BCUT2D eigenvalue weighted by atomic mass is 32.2. The zero-order chi connectivity index (χ0) is 20.2. The Morgan fingerprint density at radius 2 is 1.29 bits per heavy atom. The van der Waals surface area contributed by atoms with Crippen molar-refractivity contribution >= 4 is 39.3 Å². The van der Waals surface area contributed by atoms with Crippen molar-refractivity contribution in [3.63, 3.8) is 0 Å². The highest BCUT2D eigenvalue weighted by Gasteiger charge is 2.44. The highest BCUT2D eigenvalue weighted by molar-refractivity contribution is 7.98. The summed E-state index contributed by atoms with van der Waals surface area (Å²) in [6, 6.07) is 24.8. The molecule has 3 aromatic carbocycles. The number of aliphatic carboxylic acids is 1. The molecule has 0 amide bonds. The molecular formula is C21H18O5PS+. The Morgan fingerprint density at radius 3 is 1.75 bits per heavy atom. The quantitative estimate of drug-likeness (QED) is 0.368. The largest absolute Gasteiger partial charge is 0.478 e. The average molecular weight is 413 g/mol. The maximum atomic E-state index is 11.7. The molecule has 0 spiro atoms. The summed E-state index contributed by atoms with van der Waals surface area (Å²) in [7, 11) is -7.04. The molecule has 0 atom stereocenters. The lowest BCUT2D eigenvalue weighted by atomic mass is 10.3. The smallest absolute Gasteiger partial charge is 0.331 e. The third-order valence-electron chi connectivity index (χ3n) is 4.29. The number of hydrogen-bond donors (Lipinski definition) is 2. The summed E-state index contributed by atoms with van der Waals surface area (Å²) in [4.78, 5) is 11.1. The van der Waals surface area contributed by atoms with Gasteiger partial charge in [0.2, 0.25) is 0 Å². The Morgan fingerprint density at radius 1 is 0.786 bits per heavy atom. The summed E-state index contributed by atoms with van der Waals surface area (Å²) in [5.74, 6) is 0.547. The predicted molar refractivity (Wildman–Crippen MR) is 112 cm³/mol. The van der Waals surface area contributed by atoms with Crippen LogP contribution >= 0.6 is 7.26 Å². The second-order valence-electron chi connectivity index (χ2n) is 6.02. The van der Waals surface area contributed by atoms with E-state index in [2.05, 4.69) is 0 Å². The molecule has 3 rings (SSSR count). The van der Waals surface area contributed by atoms with Gasteiger partial charge in [-0.1, -0.05) is 42.5 Å². The zero-order valence-corrected chi connectivity index (χ0v) is 16.4. The molecule has 0 heterocycles. The van der Waals surface area contributed by atoms with Gasteiger partial charge in [0.15, 0.2) is 0 Å². The fraction of sp³-hybridized carbons (Fsp3) is 0. The first-order valence-corrected chi connectivity index (χ1v) is 11.6. The van der Waals surface area contributed by atoms with E-state index in [1.807, 2.05) is 60.7 Å². The van der Waals surface area contributed by atoms with E-state index < -0.39 is 23.3 Å². The average Bonchev–Trinajstić information content (AvgIpc) is 2.70. The van der Waals surface area contributed by atoms with Gasteiger partial charge < -0.3 is 5.11 Å². The van der Waals surface area contributed by atoms with E-state index in [0.29, 0.717) is 5.30 Å². The Bertz CT molecular complexity index is 1070. The molecule has 0 unspecified atom stereocenters. The minimum atomic E-state index is -4.40. The van der Waals surface area contributed by atoms with Crippen LogP contribution in [0.4, 0.5) is 0 Å². The van der Waals surface area contributed by atoms with Crippen molar-refractivity contribution in [2.75, 3.05) is 0 Å². The van der Waals surface area contributed by atoms with Gasteiger partial charge >= 0.3 is 5.97 Å². The van der Waals surface area contributed by atoms with Gasteiger partial charge in [0.25, 0.3) is 10.1 Å². The van der Waals surface area contributed by atoms with Crippen molar-refractivity contribution in [1.82, 2.24) is 0 Å². The minimum absolute atomic E-state index is 0.232. The summed E-state index contributed by atoms with van der Waals surface area (Å²) in [5.41, 5.74) is 0. The number of benzene rings is 3. The molecule has 0 aliphatic heterocycles. The van der Waals surface area contributed by atoms with Crippen molar-refractivity contribution in [2.24, 2.45) is 0 Å². The molecule has 0 radical (unpaired) electrons. The second kappa shape index (κ2) is 8.07. The maximum Gasteiger partial charge on any atom is 0.331 e. The van der Waals surface area contributed by atoms with Crippen molar-refractivity contribution in [3.8, 4) is 0 Å². The van der Waals surface area contributed by atoms with E-state index in [9.17, 15) is 22.9 Å². The normalized spacial score (nSPS) is 12.2. The Hall–Kier alpha value is -2.79. The second-order valence-corrected chi connectivity index (χ2v) is 10.7. The zero-order valence-electron chi connectivity index (χ0n) is 14.7. The fourth-order valence-electron chi connectivity index (χ4n) is 3.07. The molecule has 0 fully saturated rings. The van der Waals surface area contributed by atoms with Crippen LogP contribution in [0.5, 0.6) is 0 Å². The van der Waals surface area contributed by atoms with E-state index >= 15 is 0 Å². The van der Waals surface area contributed by atoms with Gasteiger partial charge in [-0.25, -0.2) is 4.79 Å². The maximum absolute atomic E-state index is 11.7. The van der Waals surface area contributed by atoms with Crippen LogP contribution in [0.2, 0.25) is 0 Å². The lowest BCUT2D eigenvalue weighted by Crippen LogP contribution is -2.30. The van der Waals surface area contributed by atoms with Crippen LogP contribution in [0.3, 0.4) is 0 Å². The van der Waals surface area contributed by atoms with E-state index in [4.69, 9.17) is 0 Å².